The molecule has 4 rings (SSSR count). The molecule has 1 aliphatic rings. The van der Waals surface area contributed by atoms with Gasteiger partial charge in [-0.2, -0.15) is 0 Å². The minimum atomic E-state index is -3.39. The fourth-order valence-electron chi connectivity index (χ4n) is 3.35. The molecule has 0 bridgehead atoms. The lowest BCUT2D eigenvalue weighted by Gasteiger charge is -2.22. The normalized spacial score (nSPS) is 16.0. The van der Waals surface area contributed by atoms with Crippen LogP contribution in [-0.2, 0) is 16.4 Å². The summed E-state index contributed by atoms with van der Waals surface area (Å²) in [6, 6.07) is 12.9. The van der Waals surface area contributed by atoms with E-state index < -0.39 is 9.84 Å². The number of halogens is 1. The van der Waals surface area contributed by atoms with Crippen LogP contribution in [-0.4, -0.2) is 32.8 Å². The van der Waals surface area contributed by atoms with Crippen molar-refractivity contribution in [2.75, 3.05) is 24.3 Å². The van der Waals surface area contributed by atoms with Crippen LogP contribution in [0.5, 0.6) is 5.75 Å². The first-order valence-corrected chi connectivity index (χ1v) is 10.6. The SMILES string of the molecule is COc1ccc2c(c1)S(=O)(=O)CCN(c1cc(Cl)c3cc(C)ccc3n1)C2. The molecule has 3 aromatic rings. The number of fused-ring (bicyclic) bond motifs is 2. The number of hydrogen-bond donors (Lipinski definition) is 0. The first-order chi connectivity index (χ1) is 12.9. The van der Waals surface area contributed by atoms with Crippen molar-refractivity contribution < 1.29 is 13.2 Å². The van der Waals surface area contributed by atoms with Crippen molar-refractivity contribution in [3.63, 3.8) is 0 Å². The molecule has 5 nitrogen and oxygen atoms in total. The highest BCUT2D eigenvalue weighted by Gasteiger charge is 2.27. The minimum Gasteiger partial charge on any atom is -0.497 e. The molecule has 0 saturated heterocycles. The Bertz CT molecular complexity index is 1150. The summed E-state index contributed by atoms with van der Waals surface area (Å²) in [6.07, 6.45) is 0. The minimum absolute atomic E-state index is 0.0123. The molecule has 0 unspecified atom stereocenters. The molecule has 0 radical (unpaired) electrons. The van der Waals surface area contributed by atoms with E-state index in [0.717, 1.165) is 22.0 Å². The molecule has 0 amide bonds. The van der Waals surface area contributed by atoms with Gasteiger partial charge in [0.1, 0.15) is 11.6 Å². The van der Waals surface area contributed by atoms with Crippen LogP contribution in [0, 0.1) is 6.92 Å². The van der Waals surface area contributed by atoms with Gasteiger partial charge < -0.3 is 9.64 Å². The highest BCUT2D eigenvalue weighted by Crippen LogP contribution is 2.32. The lowest BCUT2D eigenvalue weighted by atomic mass is 10.1. The predicted octanol–water partition coefficient (Wildman–Crippen LogP) is 4.00. The van der Waals surface area contributed by atoms with E-state index in [-0.39, 0.29) is 5.75 Å². The third kappa shape index (κ3) is 3.35. The Morgan fingerprint density at radius 1 is 1.15 bits per heavy atom. The highest BCUT2D eigenvalue weighted by molar-refractivity contribution is 7.91. The largest absolute Gasteiger partial charge is 0.497 e. The van der Waals surface area contributed by atoms with Gasteiger partial charge in [-0.15, -0.1) is 0 Å². The van der Waals surface area contributed by atoms with E-state index in [2.05, 4.69) is 0 Å². The first kappa shape index (κ1) is 18.1. The Morgan fingerprint density at radius 3 is 2.74 bits per heavy atom. The molecular formula is C20H19ClN2O3S. The van der Waals surface area contributed by atoms with E-state index in [9.17, 15) is 8.42 Å². The molecular weight excluding hydrogens is 384 g/mol. The van der Waals surface area contributed by atoms with Crippen LogP contribution >= 0.6 is 11.6 Å². The van der Waals surface area contributed by atoms with Gasteiger partial charge >= 0.3 is 0 Å². The smallest absolute Gasteiger partial charge is 0.180 e. The average molecular weight is 403 g/mol. The number of methoxy groups -OCH3 is 1. The van der Waals surface area contributed by atoms with Gasteiger partial charge in [-0.3, -0.25) is 0 Å². The van der Waals surface area contributed by atoms with Gasteiger partial charge in [0.15, 0.2) is 9.84 Å². The molecule has 0 N–H and O–H groups in total. The molecule has 2 heterocycles. The molecule has 7 heteroatoms. The number of anilines is 1. The summed E-state index contributed by atoms with van der Waals surface area (Å²) >= 11 is 6.49. The van der Waals surface area contributed by atoms with Crippen molar-refractivity contribution in [1.29, 1.82) is 0 Å². The fourth-order valence-corrected chi connectivity index (χ4v) is 5.11. The van der Waals surface area contributed by atoms with Crippen LogP contribution in [0.3, 0.4) is 0 Å². The van der Waals surface area contributed by atoms with Crippen LogP contribution in [0.25, 0.3) is 10.9 Å². The van der Waals surface area contributed by atoms with Gasteiger partial charge in [0, 0.05) is 18.5 Å². The second kappa shape index (κ2) is 6.69. The number of rotatable bonds is 2. The van der Waals surface area contributed by atoms with Gasteiger partial charge in [-0.05, 0) is 42.8 Å². The number of aromatic nitrogens is 1. The number of sulfone groups is 1. The zero-order valence-electron chi connectivity index (χ0n) is 15.1. The van der Waals surface area contributed by atoms with Crippen molar-refractivity contribution in [1.82, 2.24) is 4.98 Å². The second-order valence-corrected chi connectivity index (χ2v) is 9.18. The van der Waals surface area contributed by atoms with Gasteiger partial charge in [-0.25, -0.2) is 13.4 Å². The van der Waals surface area contributed by atoms with Crippen LogP contribution in [0.2, 0.25) is 5.02 Å². The maximum absolute atomic E-state index is 12.7. The molecule has 1 aromatic heterocycles. The number of pyridine rings is 1. The predicted molar refractivity (Wildman–Crippen MR) is 108 cm³/mol. The lowest BCUT2D eigenvalue weighted by molar-refractivity contribution is 0.413. The Kier molecular flexibility index (Phi) is 4.48. The molecule has 0 spiro atoms. The molecule has 0 saturated carbocycles. The first-order valence-electron chi connectivity index (χ1n) is 8.59. The van der Waals surface area contributed by atoms with Crippen molar-refractivity contribution in [2.24, 2.45) is 0 Å². The summed E-state index contributed by atoms with van der Waals surface area (Å²) in [6.45, 7) is 2.80. The maximum Gasteiger partial charge on any atom is 0.180 e. The standard InChI is InChI=1S/C20H19ClN2O3S/c1-13-3-6-18-16(9-13)17(21)11-20(22-18)23-7-8-27(24,25)19-10-15(26-2)5-4-14(19)12-23/h3-6,9-11H,7-8,12H2,1-2H3. The van der Waals surface area contributed by atoms with Gasteiger partial charge in [0.05, 0.1) is 28.3 Å². The van der Waals surface area contributed by atoms with E-state index in [0.29, 0.717) is 34.6 Å². The van der Waals surface area contributed by atoms with E-state index in [1.54, 1.807) is 18.2 Å². The van der Waals surface area contributed by atoms with E-state index in [1.165, 1.54) is 7.11 Å². The van der Waals surface area contributed by atoms with Gasteiger partial charge in [0.2, 0.25) is 0 Å². The topological polar surface area (TPSA) is 59.5 Å². The Morgan fingerprint density at radius 2 is 1.96 bits per heavy atom. The molecule has 0 aliphatic carbocycles. The summed E-state index contributed by atoms with van der Waals surface area (Å²) in [5.74, 6) is 1.22. The lowest BCUT2D eigenvalue weighted by Crippen LogP contribution is -2.26. The van der Waals surface area contributed by atoms with Gasteiger partial charge in [-0.1, -0.05) is 29.3 Å². The molecule has 2 aromatic carbocycles. The molecule has 0 atom stereocenters. The van der Waals surface area contributed by atoms with E-state index in [1.807, 2.05) is 36.1 Å². The Balaban J connectivity index is 1.79. The van der Waals surface area contributed by atoms with E-state index >= 15 is 0 Å². The van der Waals surface area contributed by atoms with E-state index in [4.69, 9.17) is 21.3 Å². The quantitative estimate of drug-likeness (QED) is 0.648. The number of aryl methyl sites for hydroxylation is 1. The number of benzene rings is 2. The summed E-state index contributed by atoms with van der Waals surface area (Å²) < 4.78 is 30.6. The van der Waals surface area contributed by atoms with Crippen LogP contribution in [0.4, 0.5) is 5.82 Å². The Hall–Kier alpha value is -2.31. The number of hydrogen-bond acceptors (Lipinski definition) is 5. The van der Waals surface area contributed by atoms with Crippen LogP contribution in [0.15, 0.2) is 47.4 Å². The summed E-state index contributed by atoms with van der Waals surface area (Å²) in [5.41, 5.74) is 2.64. The summed E-state index contributed by atoms with van der Waals surface area (Å²) in [4.78, 5) is 7.00. The molecule has 0 fully saturated rings. The van der Waals surface area contributed by atoms with Crippen LogP contribution in [0.1, 0.15) is 11.1 Å². The second-order valence-electron chi connectivity index (χ2n) is 6.70. The molecule has 140 valence electrons. The maximum atomic E-state index is 12.7. The molecule has 1 aliphatic heterocycles. The molecule has 27 heavy (non-hydrogen) atoms. The summed E-state index contributed by atoms with van der Waals surface area (Å²) in [7, 11) is -1.86. The number of nitrogens with zero attached hydrogens (tertiary/aromatic N) is 2. The van der Waals surface area contributed by atoms with Crippen molar-refractivity contribution in [3.05, 3.63) is 58.6 Å². The third-order valence-corrected chi connectivity index (χ3v) is 6.91. The average Bonchev–Trinajstić information content (AvgIpc) is 2.78. The van der Waals surface area contributed by atoms with Crippen LogP contribution < -0.4 is 9.64 Å². The van der Waals surface area contributed by atoms with Gasteiger partial charge in [0.25, 0.3) is 0 Å². The zero-order chi connectivity index (χ0) is 19.2. The Labute approximate surface area is 163 Å². The monoisotopic (exact) mass is 402 g/mol. The zero-order valence-corrected chi connectivity index (χ0v) is 16.6. The van der Waals surface area contributed by atoms with Crippen molar-refractivity contribution in [2.45, 2.75) is 18.4 Å². The third-order valence-electron chi connectivity index (χ3n) is 4.82. The summed E-state index contributed by atoms with van der Waals surface area (Å²) in [5, 5.41) is 1.51. The highest BCUT2D eigenvalue weighted by atomic mass is 35.5. The number of ether oxygens (including phenoxy) is 1. The van der Waals surface area contributed by atoms with Crippen molar-refractivity contribution in [3.8, 4) is 5.75 Å². The van der Waals surface area contributed by atoms with Crippen molar-refractivity contribution >= 4 is 38.2 Å². The fraction of sp³-hybridized carbons (Fsp3) is 0.250.